The Morgan fingerprint density at radius 2 is 2.00 bits per heavy atom. The number of nitrogens with two attached hydrogens (primary N) is 1. The molecule has 3 heteroatoms. The SMILES string of the molecule is CC(C(=O)Cc1ccoc1)C(N)c1ccccc1. The summed E-state index contributed by atoms with van der Waals surface area (Å²) in [6, 6.07) is 11.3. The largest absolute Gasteiger partial charge is 0.472 e. The summed E-state index contributed by atoms with van der Waals surface area (Å²) in [5, 5.41) is 0. The first kappa shape index (κ1) is 12.6. The zero-order valence-corrected chi connectivity index (χ0v) is 10.4. The summed E-state index contributed by atoms with van der Waals surface area (Å²) >= 11 is 0. The maximum absolute atomic E-state index is 12.1. The van der Waals surface area contributed by atoms with Crippen LogP contribution in [-0.4, -0.2) is 5.78 Å². The molecule has 2 N–H and O–H groups in total. The van der Waals surface area contributed by atoms with Crippen LogP contribution in [0.2, 0.25) is 0 Å². The summed E-state index contributed by atoms with van der Waals surface area (Å²) in [5.41, 5.74) is 8.01. The van der Waals surface area contributed by atoms with E-state index in [4.69, 9.17) is 10.2 Å². The second-order valence-corrected chi connectivity index (χ2v) is 4.50. The van der Waals surface area contributed by atoms with E-state index in [0.717, 1.165) is 11.1 Å². The molecule has 1 aromatic heterocycles. The molecule has 2 aromatic rings. The number of hydrogen-bond donors (Lipinski definition) is 1. The fourth-order valence-electron chi connectivity index (χ4n) is 1.92. The average Bonchev–Trinajstić information content (AvgIpc) is 2.91. The molecule has 1 heterocycles. The number of hydrogen-bond acceptors (Lipinski definition) is 3. The second kappa shape index (κ2) is 5.65. The summed E-state index contributed by atoms with van der Waals surface area (Å²) in [7, 11) is 0. The Morgan fingerprint density at radius 1 is 1.28 bits per heavy atom. The van der Waals surface area contributed by atoms with Crippen molar-refractivity contribution in [2.24, 2.45) is 11.7 Å². The Morgan fingerprint density at radius 3 is 2.61 bits per heavy atom. The highest BCUT2D eigenvalue weighted by Gasteiger charge is 2.22. The molecule has 0 spiro atoms. The van der Waals surface area contributed by atoms with E-state index in [1.807, 2.05) is 37.3 Å². The van der Waals surface area contributed by atoms with Gasteiger partial charge in [0, 0.05) is 18.4 Å². The number of furan rings is 1. The molecule has 0 aliphatic heterocycles. The Labute approximate surface area is 107 Å². The third-order valence-corrected chi connectivity index (χ3v) is 3.19. The number of Topliss-reactive ketones (excluding diaryl/α,β-unsaturated/α-hetero) is 1. The van der Waals surface area contributed by atoms with Gasteiger partial charge >= 0.3 is 0 Å². The predicted octanol–water partition coefficient (Wildman–Crippen LogP) is 2.73. The average molecular weight is 243 g/mol. The molecular formula is C15H17NO2. The topological polar surface area (TPSA) is 56.2 Å². The molecular weight excluding hydrogens is 226 g/mol. The van der Waals surface area contributed by atoms with Gasteiger partial charge in [-0.05, 0) is 17.2 Å². The van der Waals surface area contributed by atoms with Gasteiger partial charge in [-0.3, -0.25) is 4.79 Å². The Balaban J connectivity index is 2.02. The Hall–Kier alpha value is -1.87. The molecule has 0 bridgehead atoms. The van der Waals surface area contributed by atoms with Crippen LogP contribution in [0, 0.1) is 5.92 Å². The van der Waals surface area contributed by atoms with E-state index < -0.39 is 0 Å². The molecule has 94 valence electrons. The molecule has 0 aliphatic rings. The lowest BCUT2D eigenvalue weighted by Crippen LogP contribution is -2.27. The van der Waals surface area contributed by atoms with Crippen molar-refractivity contribution in [1.82, 2.24) is 0 Å². The number of benzene rings is 1. The van der Waals surface area contributed by atoms with Gasteiger partial charge in [0.1, 0.15) is 5.78 Å². The van der Waals surface area contributed by atoms with Crippen molar-refractivity contribution in [3.8, 4) is 0 Å². The summed E-state index contributed by atoms with van der Waals surface area (Å²) in [5.74, 6) is -0.0740. The van der Waals surface area contributed by atoms with Crippen molar-refractivity contribution in [3.05, 3.63) is 60.1 Å². The predicted molar refractivity (Wildman–Crippen MR) is 70.0 cm³/mol. The first-order chi connectivity index (χ1) is 8.68. The third kappa shape index (κ3) is 2.87. The molecule has 1 aromatic carbocycles. The maximum atomic E-state index is 12.1. The highest BCUT2D eigenvalue weighted by molar-refractivity contribution is 5.83. The van der Waals surface area contributed by atoms with E-state index in [1.54, 1.807) is 18.6 Å². The fourth-order valence-corrected chi connectivity index (χ4v) is 1.92. The van der Waals surface area contributed by atoms with E-state index in [0.29, 0.717) is 6.42 Å². The van der Waals surface area contributed by atoms with E-state index in [-0.39, 0.29) is 17.7 Å². The van der Waals surface area contributed by atoms with Crippen molar-refractivity contribution in [3.63, 3.8) is 0 Å². The first-order valence-electron chi connectivity index (χ1n) is 6.03. The molecule has 0 aliphatic carbocycles. The van der Waals surface area contributed by atoms with E-state index in [1.165, 1.54) is 0 Å². The van der Waals surface area contributed by atoms with Crippen LogP contribution in [0.3, 0.4) is 0 Å². The van der Waals surface area contributed by atoms with Gasteiger partial charge in [-0.1, -0.05) is 37.3 Å². The molecule has 0 amide bonds. The zero-order chi connectivity index (χ0) is 13.0. The van der Waals surface area contributed by atoms with Crippen LogP contribution in [0.4, 0.5) is 0 Å². The smallest absolute Gasteiger partial charge is 0.142 e. The van der Waals surface area contributed by atoms with E-state index in [2.05, 4.69) is 0 Å². The van der Waals surface area contributed by atoms with Crippen molar-refractivity contribution in [1.29, 1.82) is 0 Å². The van der Waals surface area contributed by atoms with Crippen molar-refractivity contribution >= 4 is 5.78 Å². The van der Waals surface area contributed by atoms with Crippen LogP contribution in [-0.2, 0) is 11.2 Å². The Kier molecular flexibility index (Phi) is 3.95. The van der Waals surface area contributed by atoms with E-state index >= 15 is 0 Å². The Bertz CT molecular complexity index is 490. The normalized spacial score (nSPS) is 14.1. The molecule has 0 saturated heterocycles. The lowest BCUT2D eigenvalue weighted by Gasteiger charge is -2.18. The summed E-state index contributed by atoms with van der Waals surface area (Å²) in [6.07, 6.45) is 3.54. The first-order valence-corrected chi connectivity index (χ1v) is 6.03. The molecule has 2 atom stereocenters. The van der Waals surface area contributed by atoms with Gasteiger partial charge in [0.15, 0.2) is 0 Å². The number of rotatable bonds is 5. The van der Waals surface area contributed by atoms with Crippen LogP contribution in [0.1, 0.15) is 24.1 Å². The van der Waals surface area contributed by atoms with Gasteiger partial charge in [-0.15, -0.1) is 0 Å². The minimum atomic E-state index is -0.259. The van der Waals surface area contributed by atoms with Crippen LogP contribution in [0.15, 0.2) is 53.3 Å². The lowest BCUT2D eigenvalue weighted by atomic mass is 9.89. The van der Waals surface area contributed by atoms with Gasteiger partial charge in [0.25, 0.3) is 0 Å². The highest BCUT2D eigenvalue weighted by Crippen LogP contribution is 2.21. The third-order valence-electron chi connectivity index (χ3n) is 3.19. The number of carbonyl (C=O) groups is 1. The molecule has 0 fully saturated rings. The van der Waals surface area contributed by atoms with Crippen LogP contribution >= 0.6 is 0 Å². The minimum absolute atomic E-state index is 0.132. The second-order valence-electron chi connectivity index (χ2n) is 4.50. The summed E-state index contributed by atoms with van der Waals surface area (Å²) < 4.78 is 4.96. The molecule has 2 rings (SSSR count). The molecule has 18 heavy (non-hydrogen) atoms. The lowest BCUT2D eigenvalue weighted by molar-refractivity contribution is -0.122. The van der Waals surface area contributed by atoms with Gasteiger partial charge in [0.2, 0.25) is 0 Å². The van der Waals surface area contributed by atoms with Crippen LogP contribution in [0.5, 0.6) is 0 Å². The number of ketones is 1. The molecule has 0 saturated carbocycles. The maximum Gasteiger partial charge on any atom is 0.142 e. The van der Waals surface area contributed by atoms with Gasteiger partial charge in [0.05, 0.1) is 12.5 Å². The highest BCUT2D eigenvalue weighted by atomic mass is 16.3. The molecule has 2 unspecified atom stereocenters. The standard InChI is InChI=1S/C15H17NO2/c1-11(14(17)9-12-7-8-18-10-12)15(16)13-5-3-2-4-6-13/h2-8,10-11,15H,9,16H2,1H3. The fraction of sp³-hybridized carbons (Fsp3) is 0.267. The number of carbonyl (C=O) groups excluding carboxylic acids is 1. The summed E-state index contributed by atoms with van der Waals surface area (Å²) in [6.45, 7) is 1.88. The van der Waals surface area contributed by atoms with Gasteiger partial charge in [-0.2, -0.15) is 0 Å². The van der Waals surface area contributed by atoms with Crippen molar-refractivity contribution < 1.29 is 9.21 Å². The van der Waals surface area contributed by atoms with E-state index in [9.17, 15) is 4.79 Å². The zero-order valence-electron chi connectivity index (χ0n) is 10.4. The quantitative estimate of drug-likeness (QED) is 0.878. The monoisotopic (exact) mass is 243 g/mol. The van der Waals surface area contributed by atoms with Crippen LogP contribution < -0.4 is 5.73 Å². The molecule has 0 radical (unpaired) electrons. The summed E-state index contributed by atoms with van der Waals surface area (Å²) in [4.78, 5) is 12.1. The van der Waals surface area contributed by atoms with Crippen LogP contribution in [0.25, 0.3) is 0 Å². The molecule has 3 nitrogen and oxygen atoms in total. The van der Waals surface area contributed by atoms with Gasteiger partial charge in [-0.25, -0.2) is 0 Å². The van der Waals surface area contributed by atoms with Gasteiger partial charge < -0.3 is 10.2 Å². The van der Waals surface area contributed by atoms with Crippen molar-refractivity contribution in [2.75, 3.05) is 0 Å². The minimum Gasteiger partial charge on any atom is -0.472 e. The van der Waals surface area contributed by atoms with Crippen molar-refractivity contribution in [2.45, 2.75) is 19.4 Å².